The Kier molecular flexibility index (Phi) is 5.79. The molecule has 1 amide bonds. The molecule has 5 aromatic rings. The molecule has 5 aromatic carbocycles. The van der Waals surface area contributed by atoms with Crippen LogP contribution in [-0.4, -0.2) is 19.0 Å². The molecule has 2 N–H and O–H groups in total. The van der Waals surface area contributed by atoms with Crippen molar-refractivity contribution < 1.29 is 9.53 Å². The summed E-state index contributed by atoms with van der Waals surface area (Å²) in [5.74, 6) is 1.48. The van der Waals surface area contributed by atoms with Crippen molar-refractivity contribution in [3.63, 3.8) is 0 Å². The zero-order valence-electron chi connectivity index (χ0n) is 23.8. The van der Waals surface area contributed by atoms with Gasteiger partial charge in [0.1, 0.15) is 17.0 Å². The lowest BCUT2D eigenvalue weighted by molar-refractivity contribution is 0.0986. The van der Waals surface area contributed by atoms with Crippen molar-refractivity contribution >= 4 is 33.7 Å². The highest BCUT2D eigenvalue weighted by molar-refractivity contribution is 6.17. The van der Waals surface area contributed by atoms with Gasteiger partial charge >= 0.3 is 0 Å². The number of carbonyl (C=O) groups excluding carboxylic acids is 1. The Morgan fingerprint density at radius 3 is 1.95 bits per heavy atom. The fraction of sp³-hybridized carbons (Fsp3) is 0.194. The minimum absolute atomic E-state index is 0.0161. The van der Waals surface area contributed by atoms with E-state index < -0.39 is 5.54 Å². The first-order chi connectivity index (χ1) is 20.0. The van der Waals surface area contributed by atoms with E-state index in [-0.39, 0.29) is 5.91 Å². The maximum absolute atomic E-state index is 14.7. The Balaban J connectivity index is 1.64. The summed E-state index contributed by atoms with van der Waals surface area (Å²) in [7, 11) is 0. The van der Waals surface area contributed by atoms with E-state index in [2.05, 4.69) is 92.9 Å². The van der Waals surface area contributed by atoms with Crippen LogP contribution in [0.3, 0.4) is 0 Å². The summed E-state index contributed by atoms with van der Waals surface area (Å²) < 4.78 is 6.75. The zero-order chi connectivity index (χ0) is 28.3. The van der Waals surface area contributed by atoms with E-state index in [9.17, 15) is 4.79 Å². The highest BCUT2D eigenvalue weighted by Crippen LogP contribution is 2.60. The summed E-state index contributed by atoms with van der Waals surface area (Å²) in [5, 5.41) is 9.11. The van der Waals surface area contributed by atoms with E-state index in [0.717, 1.165) is 80.2 Å². The number of hydrogen-bond donors (Lipinski definition) is 2. The minimum atomic E-state index is -0.925. The maximum Gasteiger partial charge on any atom is 0.260 e. The SMILES string of the molecule is CCNc1cc2c(cc1C)C1(c3cc(C)c(NCC)cc3O2)c2ccccc2C(=O)N1c1cccc2ccccc12. The molecule has 5 heteroatoms. The first-order valence-corrected chi connectivity index (χ1v) is 14.4. The van der Waals surface area contributed by atoms with Crippen molar-refractivity contribution in [2.24, 2.45) is 0 Å². The predicted octanol–water partition coefficient (Wildman–Crippen LogP) is 8.38. The number of nitrogens with one attached hydrogen (secondary N) is 2. The standard InChI is InChI=1S/C36H33N3O2/c1-5-37-30-20-33-28(18-22(30)3)36(29-19-23(4)31(38-6-2)21-34(29)41-33)27-16-10-9-15-26(27)35(40)39(36)32-17-11-13-24-12-7-8-14-25(24)32/h7-21,37-38H,5-6H2,1-4H3. The average Bonchev–Trinajstić information content (AvgIpc) is 3.24. The Bertz CT molecular complexity index is 1790. The highest BCUT2D eigenvalue weighted by atomic mass is 16.5. The first-order valence-electron chi connectivity index (χ1n) is 14.4. The number of carbonyl (C=O) groups is 1. The van der Waals surface area contributed by atoms with Gasteiger partial charge in [0.05, 0.1) is 5.69 Å². The molecule has 0 atom stereocenters. The van der Waals surface area contributed by atoms with Crippen LogP contribution >= 0.6 is 0 Å². The Labute approximate surface area is 240 Å². The van der Waals surface area contributed by atoms with Crippen LogP contribution < -0.4 is 20.3 Å². The van der Waals surface area contributed by atoms with Crippen LogP contribution in [0.15, 0.2) is 91.0 Å². The molecule has 0 saturated carbocycles. The van der Waals surface area contributed by atoms with Gasteiger partial charge < -0.3 is 15.4 Å². The van der Waals surface area contributed by atoms with Gasteiger partial charge in [0.2, 0.25) is 0 Å². The Morgan fingerprint density at radius 1 is 0.707 bits per heavy atom. The molecule has 0 unspecified atom stereocenters. The number of aryl methyl sites for hydroxylation is 2. The molecular weight excluding hydrogens is 506 g/mol. The van der Waals surface area contributed by atoms with Gasteiger partial charge in [0.25, 0.3) is 5.91 Å². The van der Waals surface area contributed by atoms with Gasteiger partial charge in [-0.2, -0.15) is 0 Å². The molecule has 5 nitrogen and oxygen atoms in total. The summed E-state index contributed by atoms with van der Waals surface area (Å²) >= 11 is 0. The van der Waals surface area contributed by atoms with Gasteiger partial charge in [-0.1, -0.05) is 54.6 Å². The molecule has 7 rings (SSSR count). The maximum atomic E-state index is 14.7. The van der Waals surface area contributed by atoms with Crippen molar-refractivity contribution in [3.8, 4) is 11.5 Å². The van der Waals surface area contributed by atoms with E-state index in [1.165, 1.54) is 0 Å². The Hall–Kier alpha value is -4.77. The second kappa shape index (κ2) is 9.41. The molecule has 2 aliphatic rings. The van der Waals surface area contributed by atoms with Crippen molar-refractivity contribution in [2.75, 3.05) is 28.6 Å². The van der Waals surface area contributed by atoms with E-state index >= 15 is 0 Å². The quantitative estimate of drug-likeness (QED) is 0.236. The van der Waals surface area contributed by atoms with Crippen molar-refractivity contribution in [2.45, 2.75) is 33.2 Å². The molecule has 0 aliphatic carbocycles. The number of ether oxygens (including phenoxy) is 1. The van der Waals surface area contributed by atoms with Gasteiger partial charge in [-0.3, -0.25) is 9.69 Å². The van der Waals surface area contributed by atoms with Crippen LogP contribution in [-0.2, 0) is 5.54 Å². The van der Waals surface area contributed by atoms with Crippen molar-refractivity contribution in [3.05, 3.63) is 124 Å². The normalized spacial score (nSPS) is 14.4. The summed E-state index contributed by atoms with van der Waals surface area (Å²) in [6, 6.07) is 31.2. The number of rotatable bonds is 5. The number of amides is 1. The molecule has 0 bridgehead atoms. The third-order valence-electron chi connectivity index (χ3n) is 8.48. The smallest absolute Gasteiger partial charge is 0.260 e. The van der Waals surface area contributed by atoms with Crippen LogP contribution in [0.4, 0.5) is 17.1 Å². The zero-order valence-corrected chi connectivity index (χ0v) is 23.8. The average molecular weight is 540 g/mol. The minimum Gasteiger partial charge on any atom is -0.456 e. The monoisotopic (exact) mass is 539 g/mol. The topological polar surface area (TPSA) is 53.6 Å². The highest BCUT2D eigenvalue weighted by Gasteiger charge is 2.57. The summed E-state index contributed by atoms with van der Waals surface area (Å²) in [5.41, 5.74) is 7.82. The van der Waals surface area contributed by atoms with Crippen molar-refractivity contribution in [1.29, 1.82) is 0 Å². The third-order valence-corrected chi connectivity index (χ3v) is 8.48. The van der Waals surface area contributed by atoms with E-state index in [1.807, 2.05) is 41.3 Å². The van der Waals surface area contributed by atoms with Crippen LogP contribution in [0.25, 0.3) is 10.8 Å². The molecule has 2 aliphatic heterocycles. The Morgan fingerprint density at radius 2 is 1.29 bits per heavy atom. The lowest BCUT2D eigenvalue weighted by atomic mass is 9.73. The molecular formula is C36H33N3O2. The van der Waals surface area contributed by atoms with E-state index in [1.54, 1.807) is 0 Å². The first kappa shape index (κ1) is 25.2. The van der Waals surface area contributed by atoms with Crippen LogP contribution in [0, 0.1) is 13.8 Å². The largest absolute Gasteiger partial charge is 0.456 e. The molecule has 0 radical (unpaired) electrons. The van der Waals surface area contributed by atoms with Crippen LogP contribution in [0.1, 0.15) is 52.0 Å². The fourth-order valence-electron chi connectivity index (χ4n) is 6.74. The molecule has 0 fully saturated rings. The van der Waals surface area contributed by atoms with E-state index in [4.69, 9.17) is 4.74 Å². The van der Waals surface area contributed by atoms with Gasteiger partial charge in [0, 0.05) is 64.2 Å². The predicted molar refractivity (Wildman–Crippen MR) is 168 cm³/mol. The number of benzene rings is 5. The van der Waals surface area contributed by atoms with Crippen LogP contribution in [0.2, 0.25) is 0 Å². The van der Waals surface area contributed by atoms with Gasteiger partial charge in [0.15, 0.2) is 0 Å². The van der Waals surface area contributed by atoms with Crippen molar-refractivity contribution in [1.82, 2.24) is 0 Å². The number of nitrogens with zero attached hydrogens (tertiary/aromatic N) is 1. The summed E-state index contributed by atoms with van der Waals surface area (Å²) in [6.45, 7) is 10.0. The second-order valence-electron chi connectivity index (χ2n) is 10.9. The van der Waals surface area contributed by atoms with Gasteiger partial charge in [-0.25, -0.2) is 0 Å². The van der Waals surface area contributed by atoms with Crippen LogP contribution in [0.5, 0.6) is 11.5 Å². The summed E-state index contributed by atoms with van der Waals surface area (Å²) in [6.07, 6.45) is 0. The molecule has 0 aromatic heterocycles. The third kappa shape index (κ3) is 3.51. The van der Waals surface area contributed by atoms with E-state index in [0.29, 0.717) is 5.56 Å². The molecule has 2 heterocycles. The number of hydrogen-bond acceptors (Lipinski definition) is 4. The van der Waals surface area contributed by atoms with Gasteiger partial charge in [-0.05, 0) is 68.5 Å². The molecule has 204 valence electrons. The fourth-order valence-corrected chi connectivity index (χ4v) is 6.74. The number of fused-ring (bicyclic) bond motifs is 7. The molecule has 41 heavy (non-hydrogen) atoms. The molecule has 0 saturated heterocycles. The van der Waals surface area contributed by atoms with Gasteiger partial charge in [-0.15, -0.1) is 0 Å². The molecule has 1 spiro atoms. The number of anilines is 3. The lowest BCUT2D eigenvalue weighted by Gasteiger charge is -2.45. The lowest BCUT2D eigenvalue weighted by Crippen LogP contribution is -2.48. The second-order valence-corrected chi connectivity index (χ2v) is 10.9. The summed E-state index contributed by atoms with van der Waals surface area (Å²) in [4.78, 5) is 16.7.